The van der Waals surface area contributed by atoms with Crippen molar-refractivity contribution in [1.82, 2.24) is 14.9 Å². The number of amides is 1. The highest BCUT2D eigenvalue weighted by atomic mass is 16.5. The second-order valence-corrected chi connectivity index (χ2v) is 8.55. The van der Waals surface area contributed by atoms with E-state index >= 15 is 0 Å². The summed E-state index contributed by atoms with van der Waals surface area (Å²) < 4.78 is 10.8. The van der Waals surface area contributed by atoms with Crippen LogP contribution in [0.3, 0.4) is 0 Å². The van der Waals surface area contributed by atoms with E-state index in [1.807, 2.05) is 36.1 Å². The van der Waals surface area contributed by atoms with Crippen molar-refractivity contribution in [2.24, 2.45) is 5.92 Å². The third kappa shape index (κ3) is 5.59. The number of hydrogen-bond donors (Lipinski definition) is 1. The maximum Gasteiger partial charge on any atom is 0.307 e. The molecular formula is C27H29N3O5. The molecule has 4 rings (SSSR count). The Morgan fingerprint density at radius 3 is 2.37 bits per heavy atom. The van der Waals surface area contributed by atoms with Crippen molar-refractivity contribution >= 4 is 11.9 Å². The smallest absolute Gasteiger partial charge is 0.307 e. The number of carbonyl (C=O) groups is 2. The number of ether oxygens (including phenoxy) is 2. The molecule has 1 aliphatic rings. The van der Waals surface area contributed by atoms with Crippen LogP contribution in [-0.2, 0) is 22.6 Å². The maximum atomic E-state index is 12.9. The number of methoxy groups -OCH3 is 2. The first-order chi connectivity index (χ1) is 16.9. The Morgan fingerprint density at radius 1 is 1.03 bits per heavy atom. The van der Waals surface area contributed by atoms with Crippen LogP contribution in [0.5, 0.6) is 11.5 Å². The first-order valence-electron chi connectivity index (χ1n) is 11.6. The highest BCUT2D eigenvalue weighted by Gasteiger charge is 2.33. The van der Waals surface area contributed by atoms with Crippen LogP contribution in [0, 0.1) is 5.92 Å². The number of aromatic nitrogens is 2. The number of carboxylic acids is 1. The van der Waals surface area contributed by atoms with Gasteiger partial charge in [-0.25, -0.2) is 9.97 Å². The third-order valence-corrected chi connectivity index (χ3v) is 6.12. The zero-order chi connectivity index (χ0) is 24.9. The van der Waals surface area contributed by atoms with E-state index in [-0.39, 0.29) is 18.2 Å². The van der Waals surface area contributed by atoms with Gasteiger partial charge in [0.2, 0.25) is 5.91 Å². The lowest BCUT2D eigenvalue weighted by Gasteiger charge is -2.24. The first-order valence-corrected chi connectivity index (χ1v) is 11.6. The molecule has 35 heavy (non-hydrogen) atoms. The van der Waals surface area contributed by atoms with Crippen molar-refractivity contribution in [2.75, 3.05) is 20.8 Å². The number of hydrogen-bond acceptors (Lipinski definition) is 6. The topological polar surface area (TPSA) is 102 Å². The normalized spacial score (nSPS) is 12.8. The predicted octanol–water partition coefficient (Wildman–Crippen LogP) is 4.21. The SMILES string of the molecule is CCN(Cc1cc(-c2ncc(OC)cn2)ccc1-c1cc(CC(=O)O)ccc1OC)C(=O)C1CC1. The number of aliphatic carboxylic acids is 1. The van der Waals surface area contributed by atoms with Crippen LogP contribution in [0.25, 0.3) is 22.5 Å². The summed E-state index contributed by atoms with van der Waals surface area (Å²) in [5, 5.41) is 9.28. The fraction of sp³-hybridized carbons (Fsp3) is 0.333. The van der Waals surface area contributed by atoms with Gasteiger partial charge >= 0.3 is 5.97 Å². The van der Waals surface area contributed by atoms with Crippen molar-refractivity contribution < 1.29 is 24.2 Å². The number of rotatable bonds is 10. The molecule has 0 aliphatic heterocycles. The van der Waals surface area contributed by atoms with Gasteiger partial charge in [-0.15, -0.1) is 0 Å². The van der Waals surface area contributed by atoms with Crippen molar-refractivity contribution in [3.05, 3.63) is 59.9 Å². The van der Waals surface area contributed by atoms with E-state index in [2.05, 4.69) is 9.97 Å². The van der Waals surface area contributed by atoms with Gasteiger partial charge in [0.15, 0.2) is 11.6 Å². The highest BCUT2D eigenvalue weighted by Crippen LogP contribution is 2.37. The van der Waals surface area contributed by atoms with E-state index in [4.69, 9.17) is 9.47 Å². The summed E-state index contributed by atoms with van der Waals surface area (Å²) in [5.41, 5.74) is 4.03. The highest BCUT2D eigenvalue weighted by molar-refractivity contribution is 5.82. The van der Waals surface area contributed by atoms with Crippen LogP contribution in [0.2, 0.25) is 0 Å². The molecule has 1 aliphatic carbocycles. The monoisotopic (exact) mass is 475 g/mol. The van der Waals surface area contributed by atoms with E-state index in [0.717, 1.165) is 35.1 Å². The Morgan fingerprint density at radius 2 is 1.77 bits per heavy atom. The van der Waals surface area contributed by atoms with Gasteiger partial charge in [-0.2, -0.15) is 0 Å². The number of carbonyl (C=O) groups excluding carboxylic acids is 1. The molecular weight excluding hydrogens is 446 g/mol. The number of carboxylic acid groups (broad SMARTS) is 1. The van der Waals surface area contributed by atoms with Gasteiger partial charge in [0.25, 0.3) is 0 Å². The summed E-state index contributed by atoms with van der Waals surface area (Å²) in [5.74, 6) is 1.11. The van der Waals surface area contributed by atoms with Crippen LogP contribution < -0.4 is 9.47 Å². The lowest BCUT2D eigenvalue weighted by molar-refractivity contribution is -0.136. The van der Waals surface area contributed by atoms with Crippen molar-refractivity contribution in [2.45, 2.75) is 32.7 Å². The molecule has 1 fully saturated rings. The summed E-state index contributed by atoms with van der Waals surface area (Å²) in [4.78, 5) is 34.9. The Bertz CT molecular complexity index is 1220. The zero-order valence-corrected chi connectivity index (χ0v) is 20.2. The fourth-order valence-corrected chi connectivity index (χ4v) is 4.09. The average molecular weight is 476 g/mol. The second-order valence-electron chi connectivity index (χ2n) is 8.55. The van der Waals surface area contributed by atoms with Crippen LogP contribution in [0.1, 0.15) is 30.9 Å². The van der Waals surface area contributed by atoms with Gasteiger partial charge in [-0.05, 0) is 54.7 Å². The van der Waals surface area contributed by atoms with E-state index in [1.54, 1.807) is 38.7 Å². The molecule has 2 aromatic carbocycles. The molecule has 3 aromatic rings. The summed E-state index contributed by atoms with van der Waals surface area (Å²) in [6.45, 7) is 2.98. The Hall–Kier alpha value is -3.94. The molecule has 0 bridgehead atoms. The molecule has 1 amide bonds. The van der Waals surface area contributed by atoms with Crippen molar-refractivity contribution in [3.63, 3.8) is 0 Å². The van der Waals surface area contributed by atoms with Gasteiger partial charge < -0.3 is 19.5 Å². The lowest BCUT2D eigenvalue weighted by Crippen LogP contribution is -2.31. The molecule has 8 heteroatoms. The molecule has 8 nitrogen and oxygen atoms in total. The third-order valence-electron chi connectivity index (χ3n) is 6.12. The standard InChI is InChI=1S/C27H29N3O5/c1-4-30(27(33)18-6-7-18)16-20-13-19(26-28-14-21(34-2)15-29-26)8-9-22(20)23-11-17(12-25(31)32)5-10-24(23)35-3/h5,8-11,13-15,18H,4,6-7,12,16H2,1-3H3,(H,31,32). The lowest BCUT2D eigenvalue weighted by atomic mass is 9.94. The molecule has 0 atom stereocenters. The molecule has 182 valence electrons. The van der Waals surface area contributed by atoms with E-state index in [1.165, 1.54) is 0 Å². The molecule has 1 heterocycles. The Balaban J connectivity index is 1.81. The maximum absolute atomic E-state index is 12.9. The molecule has 0 unspecified atom stereocenters. The van der Waals surface area contributed by atoms with Gasteiger partial charge in [0.1, 0.15) is 5.75 Å². The van der Waals surface area contributed by atoms with Crippen molar-refractivity contribution in [3.8, 4) is 34.0 Å². The molecule has 1 N–H and O–H groups in total. The fourth-order valence-electron chi connectivity index (χ4n) is 4.09. The van der Waals surface area contributed by atoms with E-state index < -0.39 is 5.97 Å². The molecule has 1 aromatic heterocycles. The van der Waals surface area contributed by atoms with E-state index in [9.17, 15) is 14.7 Å². The minimum atomic E-state index is -0.902. The minimum Gasteiger partial charge on any atom is -0.496 e. The van der Waals surface area contributed by atoms with Crippen LogP contribution in [-0.4, -0.2) is 52.6 Å². The summed E-state index contributed by atoms with van der Waals surface area (Å²) in [7, 11) is 3.15. The Kier molecular flexibility index (Phi) is 7.29. The minimum absolute atomic E-state index is 0.0919. The van der Waals surface area contributed by atoms with Gasteiger partial charge in [0, 0.05) is 30.1 Å². The quantitative estimate of drug-likeness (QED) is 0.469. The molecule has 1 saturated carbocycles. The molecule has 0 radical (unpaired) electrons. The van der Waals surface area contributed by atoms with Crippen LogP contribution >= 0.6 is 0 Å². The number of benzene rings is 2. The molecule has 0 spiro atoms. The Labute approximate surface area is 204 Å². The van der Waals surface area contributed by atoms with Gasteiger partial charge in [-0.3, -0.25) is 9.59 Å². The first kappa shape index (κ1) is 24.2. The van der Waals surface area contributed by atoms with E-state index in [0.29, 0.717) is 36.0 Å². The van der Waals surface area contributed by atoms with Crippen molar-refractivity contribution in [1.29, 1.82) is 0 Å². The second kappa shape index (κ2) is 10.5. The summed E-state index contributed by atoms with van der Waals surface area (Å²) in [6, 6.07) is 11.2. The van der Waals surface area contributed by atoms with Crippen LogP contribution in [0.4, 0.5) is 0 Å². The van der Waals surface area contributed by atoms with Gasteiger partial charge in [-0.1, -0.05) is 18.2 Å². The number of nitrogens with zero attached hydrogens (tertiary/aromatic N) is 3. The largest absolute Gasteiger partial charge is 0.496 e. The average Bonchev–Trinajstić information content (AvgIpc) is 3.72. The molecule has 0 saturated heterocycles. The predicted molar refractivity (Wildman–Crippen MR) is 131 cm³/mol. The zero-order valence-electron chi connectivity index (χ0n) is 20.2. The summed E-state index contributed by atoms with van der Waals surface area (Å²) in [6.07, 6.45) is 5.01. The van der Waals surface area contributed by atoms with Crippen LogP contribution in [0.15, 0.2) is 48.8 Å². The van der Waals surface area contributed by atoms with Gasteiger partial charge in [0.05, 0.1) is 33.0 Å². The summed E-state index contributed by atoms with van der Waals surface area (Å²) >= 11 is 0.